The Labute approximate surface area is 129 Å². The number of rotatable bonds is 5. The van der Waals surface area contributed by atoms with Gasteiger partial charge in [0, 0.05) is 17.9 Å². The van der Waals surface area contributed by atoms with E-state index in [0.717, 1.165) is 6.42 Å². The summed E-state index contributed by atoms with van der Waals surface area (Å²) in [6.45, 7) is 4.08. The highest BCUT2D eigenvalue weighted by Crippen LogP contribution is 2.26. The Kier molecular flexibility index (Phi) is 4.58. The van der Waals surface area contributed by atoms with Gasteiger partial charge >= 0.3 is 0 Å². The molecule has 0 saturated heterocycles. The van der Waals surface area contributed by atoms with Crippen molar-refractivity contribution < 1.29 is 8.42 Å². The summed E-state index contributed by atoms with van der Waals surface area (Å²) < 4.78 is 26.6. The average molecular weight is 328 g/mol. The van der Waals surface area contributed by atoms with Crippen LogP contribution in [0, 0.1) is 0 Å². The number of nitrogen functional groups attached to an aromatic ring is 1. The number of hydrogen-bond acceptors (Lipinski definition) is 4. The second kappa shape index (κ2) is 6.07. The molecular weight excluding hydrogens is 310 g/mol. The van der Waals surface area contributed by atoms with Crippen LogP contribution in [0.1, 0.15) is 32.0 Å². The molecule has 114 valence electrons. The van der Waals surface area contributed by atoms with Crippen molar-refractivity contribution in [3.63, 3.8) is 0 Å². The number of anilines is 1. The fourth-order valence-electron chi connectivity index (χ4n) is 1.93. The van der Waals surface area contributed by atoms with Crippen molar-refractivity contribution in [2.45, 2.75) is 37.0 Å². The van der Waals surface area contributed by atoms with Crippen LogP contribution in [0.2, 0.25) is 5.02 Å². The molecule has 0 amide bonds. The van der Waals surface area contributed by atoms with Gasteiger partial charge in [-0.2, -0.15) is 5.10 Å². The van der Waals surface area contributed by atoms with E-state index in [9.17, 15) is 8.42 Å². The molecule has 21 heavy (non-hydrogen) atoms. The normalized spacial score (nSPS) is 13.3. The van der Waals surface area contributed by atoms with Gasteiger partial charge in [0.05, 0.1) is 21.4 Å². The maximum atomic E-state index is 12.4. The molecule has 5 nitrogen and oxygen atoms in total. The minimum absolute atomic E-state index is 0.0801. The molecule has 2 rings (SSSR count). The van der Waals surface area contributed by atoms with Crippen LogP contribution in [0.3, 0.4) is 0 Å². The predicted molar refractivity (Wildman–Crippen MR) is 84.0 cm³/mol. The van der Waals surface area contributed by atoms with Crippen molar-refractivity contribution in [3.05, 3.63) is 41.2 Å². The van der Waals surface area contributed by atoms with Gasteiger partial charge in [0.2, 0.25) is 0 Å². The molecule has 1 unspecified atom stereocenters. The Morgan fingerprint density at radius 3 is 2.71 bits per heavy atom. The van der Waals surface area contributed by atoms with Gasteiger partial charge in [0.15, 0.2) is 9.84 Å². The maximum Gasteiger partial charge on any atom is 0.185 e. The largest absolute Gasteiger partial charge is 0.399 e. The predicted octanol–water partition coefficient (Wildman–Crippen LogP) is 3.06. The van der Waals surface area contributed by atoms with Crippen molar-refractivity contribution in [1.82, 2.24) is 9.78 Å². The SMILES string of the molecule is CCC(C)n1ccc(CS(=O)(=O)c2ccc(N)cc2Cl)n1. The zero-order valence-corrected chi connectivity index (χ0v) is 13.5. The monoisotopic (exact) mass is 327 g/mol. The second-order valence-corrected chi connectivity index (χ2v) is 7.36. The van der Waals surface area contributed by atoms with E-state index in [1.54, 1.807) is 16.9 Å². The number of benzene rings is 1. The Hall–Kier alpha value is -1.53. The first-order valence-corrected chi connectivity index (χ1v) is 8.68. The molecule has 1 aromatic carbocycles. The summed E-state index contributed by atoms with van der Waals surface area (Å²) in [6, 6.07) is 6.34. The molecule has 0 bridgehead atoms. The Morgan fingerprint density at radius 1 is 1.38 bits per heavy atom. The maximum absolute atomic E-state index is 12.4. The van der Waals surface area contributed by atoms with Gasteiger partial charge in [-0.3, -0.25) is 4.68 Å². The lowest BCUT2D eigenvalue weighted by atomic mass is 10.3. The molecule has 0 spiro atoms. The third kappa shape index (κ3) is 3.57. The van der Waals surface area contributed by atoms with Gasteiger partial charge in [-0.15, -0.1) is 0 Å². The van der Waals surface area contributed by atoms with Crippen LogP contribution in [0.15, 0.2) is 35.4 Å². The van der Waals surface area contributed by atoms with E-state index in [4.69, 9.17) is 17.3 Å². The first-order chi connectivity index (χ1) is 9.83. The van der Waals surface area contributed by atoms with Crippen LogP contribution in [0.4, 0.5) is 5.69 Å². The fourth-order valence-corrected chi connectivity index (χ4v) is 3.80. The smallest absolute Gasteiger partial charge is 0.185 e. The fraction of sp³-hybridized carbons (Fsp3) is 0.357. The molecule has 2 N–H and O–H groups in total. The van der Waals surface area contributed by atoms with E-state index in [1.807, 2.05) is 6.92 Å². The first kappa shape index (κ1) is 15.9. The summed E-state index contributed by atoms with van der Waals surface area (Å²) in [4.78, 5) is 0.0801. The number of aromatic nitrogens is 2. The van der Waals surface area contributed by atoms with E-state index in [2.05, 4.69) is 12.0 Å². The van der Waals surface area contributed by atoms with Crippen LogP contribution < -0.4 is 5.73 Å². The van der Waals surface area contributed by atoms with E-state index in [0.29, 0.717) is 11.4 Å². The van der Waals surface area contributed by atoms with Gasteiger partial charge < -0.3 is 5.73 Å². The van der Waals surface area contributed by atoms with E-state index >= 15 is 0 Å². The third-order valence-corrected chi connectivity index (χ3v) is 5.46. The number of sulfone groups is 1. The van der Waals surface area contributed by atoms with Crippen molar-refractivity contribution >= 4 is 27.1 Å². The Bertz CT molecular complexity index is 740. The summed E-state index contributed by atoms with van der Waals surface area (Å²) in [5, 5.41) is 4.44. The van der Waals surface area contributed by atoms with E-state index in [-0.39, 0.29) is 21.7 Å². The van der Waals surface area contributed by atoms with E-state index < -0.39 is 9.84 Å². The summed E-state index contributed by atoms with van der Waals surface area (Å²) in [5.41, 5.74) is 6.51. The van der Waals surface area contributed by atoms with Crippen molar-refractivity contribution in [1.29, 1.82) is 0 Å². The van der Waals surface area contributed by atoms with Crippen molar-refractivity contribution in [2.75, 3.05) is 5.73 Å². The summed E-state index contributed by atoms with van der Waals surface area (Å²) in [7, 11) is -3.54. The highest BCUT2D eigenvalue weighted by atomic mass is 35.5. The minimum Gasteiger partial charge on any atom is -0.399 e. The van der Waals surface area contributed by atoms with Crippen LogP contribution >= 0.6 is 11.6 Å². The average Bonchev–Trinajstić information content (AvgIpc) is 2.85. The summed E-state index contributed by atoms with van der Waals surface area (Å²) >= 11 is 5.97. The number of hydrogen-bond donors (Lipinski definition) is 1. The van der Waals surface area contributed by atoms with Crippen LogP contribution in [0.5, 0.6) is 0 Å². The van der Waals surface area contributed by atoms with Crippen LogP contribution in [0.25, 0.3) is 0 Å². The molecule has 1 atom stereocenters. The Morgan fingerprint density at radius 2 is 2.10 bits per heavy atom. The van der Waals surface area contributed by atoms with Crippen molar-refractivity contribution in [2.24, 2.45) is 0 Å². The van der Waals surface area contributed by atoms with E-state index in [1.165, 1.54) is 18.2 Å². The van der Waals surface area contributed by atoms with Crippen molar-refractivity contribution in [3.8, 4) is 0 Å². The lowest BCUT2D eigenvalue weighted by molar-refractivity contribution is 0.475. The van der Waals surface area contributed by atoms with Gasteiger partial charge in [-0.05, 0) is 37.6 Å². The minimum atomic E-state index is -3.54. The molecule has 1 aromatic heterocycles. The van der Waals surface area contributed by atoms with Gasteiger partial charge in [-0.1, -0.05) is 18.5 Å². The topological polar surface area (TPSA) is 78.0 Å². The van der Waals surface area contributed by atoms with Gasteiger partial charge in [-0.25, -0.2) is 8.42 Å². The molecule has 0 aliphatic rings. The third-order valence-electron chi connectivity index (χ3n) is 3.33. The lowest BCUT2D eigenvalue weighted by Crippen LogP contribution is -2.09. The molecule has 0 radical (unpaired) electrons. The molecule has 0 saturated carbocycles. The molecule has 1 heterocycles. The molecule has 0 fully saturated rings. The lowest BCUT2D eigenvalue weighted by Gasteiger charge is -2.08. The number of nitrogens with two attached hydrogens (primary N) is 1. The zero-order chi connectivity index (χ0) is 15.6. The first-order valence-electron chi connectivity index (χ1n) is 6.65. The van der Waals surface area contributed by atoms with Crippen LogP contribution in [-0.4, -0.2) is 18.2 Å². The molecule has 0 aliphatic heterocycles. The summed E-state index contributed by atoms with van der Waals surface area (Å²) in [6.07, 6.45) is 2.72. The highest BCUT2D eigenvalue weighted by Gasteiger charge is 2.20. The molecular formula is C14H18ClN3O2S. The van der Waals surface area contributed by atoms with Gasteiger partial charge in [0.1, 0.15) is 0 Å². The number of halogens is 1. The number of nitrogens with zero attached hydrogens (tertiary/aromatic N) is 2. The van der Waals surface area contributed by atoms with Crippen LogP contribution in [-0.2, 0) is 15.6 Å². The Balaban J connectivity index is 2.27. The molecule has 0 aliphatic carbocycles. The molecule has 7 heteroatoms. The summed E-state index contributed by atoms with van der Waals surface area (Å²) in [5.74, 6) is -0.180. The second-order valence-electron chi connectivity index (χ2n) is 4.99. The quantitative estimate of drug-likeness (QED) is 0.856. The highest BCUT2D eigenvalue weighted by molar-refractivity contribution is 7.90. The zero-order valence-electron chi connectivity index (χ0n) is 12.0. The standard InChI is InChI=1S/C14H18ClN3O2S/c1-3-10(2)18-7-6-12(17-18)9-21(19,20)14-5-4-11(16)8-13(14)15/h4-8,10H,3,9,16H2,1-2H3. The molecule has 2 aromatic rings. The van der Waals surface area contributed by atoms with Gasteiger partial charge in [0.25, 0.3) is 0 Å².